The maximum atomic E-state index is 13.4. The number of thiol groups is 2. The third-order valence-corrected chi connectivity index (χ3v) is 11.0. The van der Waals surface area contributed by atoms with Crippen molar-refractivity contribution in [1.82, 2.24) is 39.0 Å². The summed E-state index contributed by atoms with van der Waals surface area (Å²) in [4.78, 5) is 45.8. The number of nitrogens with two attached hydrogens (primary N) is 1. The molecule has 44 heavy (non-hydrogen) atoms. The topological polar surface area (TPSA) is 246 Å². The highest BCUT2D eigenvalue weighted by Crippen LogP contribution is 2.60. The van der Waals surface area contributed by atoms with E-state index in [2.05, 4.69) is 54.4 Å². The van der Waals surface area contributed by atoms with Crippen LogP contribution in [-0.2, 0) is 43.9 Å². The van der Waals surface area contributed by atoms with Crippen molar-refractivity contribution in [1.29, 1.82) is 0 Å². The molecule has 7 rings (SSSR count). The second kappa shape index (κ2) is 11.2. The first-order valence-electron chi connectivity index (χ1n) is 12.8. The molecule has 3 saturated heterocycles. The Labute approximate surface area is 260 Å². The van der Waals surface area contributed by atoms with Crippen molar-refractivity contribution in [2.45, 2.75) is 49.4 Å². The van der Waals surface area contributed by atoms with E-state index in [0.717, 1.165) is 0 Å². The van der Waals surface area contributed by atoms with Crippen molar-refractivity contribution in [2.24, 2.45) is 0 Å². The van der Waals surface area contributed by atoms with Crippen LogP contribution in [0.15, 0.2) is 28.6 Å². The molecular formula is C20H23N9O10P2S3. The van der Waals surface area contributed by atoms with Crippen molar-refractivity contribution >= 4 is 77.1 Å². The molecule has 3 fully saturated rings. The standard InChI is InChI=1S/C20H23N9O10P2S3/c21-20-26-15-11(17(32)27-20)25-6-29(15)18-8-1-7(36-18)2-34-40(33,42)39-13-9(3-35-41(43,44)38-8)37-19(12(13)30)28-5-24-10-14(28)22-4-23-16(10)31/h4-9,12-13,18-19,30H,1-3H2,(H,33,42)(H,43,44)(H,22,23,31)(H3,21,26,27,32)/t7-,8+,9+,12+,13+,18+,19+,40+/m0/s1. The first-order valence-corrected chi connectivity index (χ1v) is 19.3. The zero-order chi connectivity index (χ0) is 31.0. The van der Waals surface area contributed by atoms with Gasteiger partial charge >= 0.3 is 6.80 Å². The largest absolute Gasteiger partial charge is 0.386 e. The van der Waals surface area contributed by atoms with E-state index in [1.54, 1.807) is 0 Å². The van der Waals surface area contributed by atoms with Crippen LogP contribution in [0.5, 0.6) is 0 Å². The van der Waals surface area contributed by atoms with Crippen LogP contribution in [0.2, 0.25) is 0 Å². The lowest BCUT2D eigenvalue weighted by Gasteiger charge is -2.28. The van der Waals surface area contributed by atoms with Crippen molar-refractivity contribution in [2.75, 3.05) is 18.9 Å². The van der Waals surface area contributed by atoms with E-state index in [1.807, 2.05) is 0 Å². The first-order chi connectivity index (χ1) is 20.9. The molecule has 3 aliphatic rings. The van der Waals surface area contributed by atoms with E-state index < -0.39 is 66.6 Å². The number of hydrogen-bond donors (Lipinski definition) is 6. The number of imidazole rings is 2. The average molecular weight is 708 g/mol. The molecule has 19 nitrogen and oxygen atoms in total. The fourth-order valence-electron chi connectivity index (χ4n) is 5.29. The summed E-state index contributed by atoms with van der Waals surface area (Å²) >= 11 is 14.2. The minimum Gasteiger partial charge on any atom is -0.386 e. The molecule has 2 bridgehead atoms. The molecule has 0 unspecified atom stereocenters. The number of aromatic nitrogens is 8. The molecule has 0 aliphatic carbocycles. The van der Waals surface area contributed by atoms with Crippen LogP contribution in [-0.4, -0.2) is 87.9 Å². The van der Waals surface area contributed by atoms with E-state index in [4.69, 9.17) is 45.1 Å². The molecule has 0 spiro atoms. The molecule has 4 aromatic heterocycles. The first kappa shape index (κ1) is 30.5. The Bertz CT molecular complexity index is 1970. The van der Waals surface area contributed by atoms with Crippen LogP contribution in [0.3, 0.4) is 0 Å². The molecule has 7 heterocycles. The number of nitrogens with zero attached hydrogens (tertiary/aromatic N) is 6. The molecule has 0 saturated carbocycles. The minimum atomic E-state index is -4.16. The van der Waals surface area contributed by atoms with Crippen LogP contribution >= 0.6 is 37.0 Å². The van der Waals surface area contributed by atoms with Gasteiger partial charge in [0.25, 0.3) is 11.1 Å². The van der Waals surface area contributed by atoms with Gasteiger partial charge in [0, 0.05) is 6.42 Å². The summed E-state index contributed by atoms with van der Waals surface area (Å²) in [7, 11) is 0. The number of hydrogen-bond acceptors (Lipinski definition) is 16. The van der Waals surface area contributed by atoms with Crippen molar-refractivity contribution in [3.63, 3.8) is 0 Å². The zero-order valence-corrected chi connectivity index (χ0v) is 26.4. The molecule has 0 amide bonds. The Balaban J connectivity index is 1.19. The van der Waals surface area contributed by atoms with E-state index in [1.165, 1.54) is 28.1 Å². The third kappa shape index (κ3) is 5.56. The smallest absolute Gasteiger partial charge is 0.386 e. The van der Waals surface area contributed by atoms with Crippen molar-refractivity contribution < 1.29 is 37.2 Å². The van der Waals surface area contributed by atoms with E-state index >= 15 is 0 Å². The molecular weight excluding hydrogens is 684 g/mol. The average Bonchev–Trinajstić information content (AvgIpc) is 3.72. The normalized spacial score (nSPS) is 36.6. The Kier molecular flexibility index (Phi) is 7.79. The van der Waals surface area contributed by atoms with Gasteiger partial charge in [0.2, 0.25) is 11.6 Å². The molecule has 0 aromatic carbocycles. The molecule has 24 heteroatoms. The van der Waals surface area contributed by atoms with Gasteiger partial charge in [0.05, 0.1) is 38.3 Å². The van der Waals surface area contributed by atoms with Gasteiger partial charge in [0.1, 0.15) is 24.4 Å². The predicted octanol–water partition coefficient (Wildman–Crippen LogP) is 0.390. The Morgan fingerprint density at radius 1 is 0.977 bits per heavy atom. The van der Waals surface area contributed by atoms with E-state index in [0.29, 0.717) is 0 Å². The van der Waals surface area contributed by atoms with Crippen LogP contribution in [0.1, 0.15) is 18.9 Å². The lowest BCUT2D eigenvalue weighted by molar-refractivity contribution is -0.0546. The number of fused-ring (bicyclic) bond motifs is 5. The molecule has 3 aliphatic heterocycles. The summed E-state index contributed by atoms with van der Waals surface area (Å²) in [6, 6.07) is 0. The summed E-state index contributed by atoms with van der Waals surface area (Å²) in [5.41, 5.74) is 1.65. The highest BCUT2D eigenvalue weighted by molar-refractivity contribution is 8.60. The quantitative estimate of drug-likeness (QED) is 0.122. The van der Waals surface area contributed by atoms with Crippen LogP contribution < -0.4 is 16.9 Å². The molecule has 9 atom stereocenters. The van der Waals surface area contributed by atoms with Gasteiger partial charge in [0.15, 0.2) is 34.8 Å². The number of aromatic amines is 2. The van der Waals surface area contributed by atoms with Gasteiger partial charge in [-0.25, -0.2) is 19.5 Å². The summed E-state index contributed by atoms with van der Waals surface area (Å²) in [5.74, 6) is -0.129. The molecule has 236 valence electrons. The van der Waals surface area contributed by atoms with Crippen molar-refractivity contribution in [3.8, 4) is 0 Å². The maximum absolute atomic E-state index is 13.4. The van der Waals surface area contributed by atoms with Gasteiger partial charge in [-0.2, -0.15) is 4.98 Å². The second-order valence-corrected chi connectivity index (χ2v) is 18.1. The SMILES string of the molecule is Nc1nc2c(ncn2[C@@H]2O[C@@H]3CO[P@@](=O)(S)O[C@H]4[C@@H](O)[C@H](n5cnc6c(=O)[nH]cnc65)O[C@@H]4CO[P@@](=S)(S)O[C@@H]2C3)c(=O)[nH]1. The molecule has 4 aromatic rings. The maximum Gasteiger partial charge on any atom is 0.386 e. The zero-order valence-electron chi connectivity index (χ0n) is 22.0. The van der Waals surface area contributed by atoms with Gasteiger partial charge < -0.3 is 34.3 Å². The third-order valence-electron chi connectivity index (χ3n) is 7.17. The second-order valence-electron chi connectivity index (χ2n) is 10.0. The highest BCUT2D eigenvalue weighted by Gasteiger charge is 2.50. The Morgan fingerprint density at radius 2 is 1.70 bits per heavy atom. The number of H-pyrrole nitrogens is 2. The number of nitrogen functional groups attached to an aromatic ring is 1. The Morgan fingerprint density at radius 3 is 2.48 bits per heavy atom. The number of nitrogens with one attached hydrogen (secondary N) is 2. The van der Waals surface area contributed by atoms with Crippen LogP contribution in [0.25, 0.3) is 22.3 Å². The summed E-state index contributed by atoms with van der Waals surface area (Å²) in [6.07, 6.45) is -3.55. The van der Waals surface area contributed by atoms with Gasteiger partial charge in [-0.1, -0.05) is 24.5 Å². The number of aliphatic hydroxyl groups is 1. The van der Waals surface area contributed by atoms with Gasteiger partial charge in [-0.05, 0) is 11.8 Å². The number of rotatable bonds is 2. The van der Waals surface area contributed by atoms with E-state index in [9.17, 15) is 19.3 Å². The summed E-state index contributed by atoms with van der Waals surface area (Å²) < 4.78 is 51.8. The van der Waals surface area contributed by atoms with Gasteiger partial charge in [-0.15, -0.1) is 0 Å². The highest BCUT2D eigenvalue weighted by atomic mass is 32.9. The minimum absolute atomic E-state index is 0.0169. The van der Waals surface area contributed by atoms with Crippen molar-refractivity contribution in [3.05, 3.63) is 39.7 Å². The van der Waals surface area contributed by atoms with Crippen LogP contribution in [0.4, 0.5) is 5.95 Å². The van der Waals surface area contributed by atoms with Crippen LogP contribution in [0, 0.1) is 0 Å². The number of ether oxygens (including phenoxy) is 2. The lowest BCUT2D eigenvalue weighted by Crippen LogP contribution is -2.35. The number of anilines is 1. The fourth-order valence-corrected chi connectivity index (χ4v) is 8.80. The molecule has 0 radical (unpaired) electrons. The van der Waals surface area contributed by atoms with Gasteiger partial charge in [-0.3, -0.25) is 32.8 Å². The lowest BCUT2D eigenvalue weighted by atomic mass is 10.1. The number of aliphatic hydroxyl groups excluding tert-OH is 1. The Hall–Kier alpha value is -2.20. The summed E-state index contributed by atoms with van der Waals surface area (Å²) in [5, 5.41) is 11.3. The van der Waals surface area contributed by atoms with E-state index in [-0.39, 0.29) is 47.9 Å². The monoisotopic (exact) mass is 707 g/mol. The predicted molar refractivity (Wildman–Crippen MR) is 161 cm³/mol. The fraction of sp³-hybridized carbons (Fsp3) is 0.500. The summed E-state index contributed by atoms with van der Waals surface area (Å²) in [6.45, 7) is -4.76. The molecule has 5 N–H and O–H groups in total.